The third-order valence-electron chi connectivity index (χ3n) is 6.06. The van der Waals surface area contributed by atoms with Gasteiger partial charge in [-0.25, -0.2) is 0 Å². The van der Waals surface area contributed by atoms with Crippen molar-refractivity contribution in [1.29, 1.82) is 0 Å². The molecule has 1 amide bonds. The highest BCUT2D eigenvalue weighted by atomic mass is 16.5. The average molecular weight is 417 g/mol. The molecule has 1 aromatic heterocycles. The Morgan fingerprint density at radius 1 is 1.10 bits per heavy atom. The first kappa shape index (κ1) is 19.8. The van der Waals surface area contributed by atoms with Gasteiger partial charge < -0.3 is 10.1 Å². The molecule has 1 N–H and O–H groups in total. The Bertz CT molecular complexity index is 1070. The predicted molar refractivity (Wildman–Crippen MR) is 119 cm³/mol. The molecule has 0 atom stereocenters. The zero-order valence-corrected chi connectivity index (χ0v) is 17.9. The smallest absolute Gasteiger partial charge is 0.272 e. The van der Waals surface area contributed by atoms with E-state index in [4.69, 9.17) is 9.84 Å². The van der Waals surface area contributed by atoms with Crippen LogP contribution < -0.4 is 10.1 Å². The van der Waals surface area contributed by atoms with Gasteiger partial charge in [0.1, 0.15) is 5.75 Å². The number of hydrogen-bond donors (Lipinski definition) is 1. The summed E-state index contributed by atoms with van der Waals surface area (Å²) >= 11 is 0. The third kappa shape index (κ3) is 4.49. The molecule has 2 aromatic carbocycles. The second-order valence-electron chi connectivity index (χ2n) is 8.48. The fourth-order valence-corrected chi connectivity index (χ4v) is 4.26. The van der Waals surface area contributed by atoms with Crippen molar-refractivity contribution in [2.24, 2.45) is 0 Å². The van der Waals surface area contributed by atoms with Gasteiger partial charge in [-0.05, 0) is 36.1 Å². The summed E-state index contributed by atoms with van der Waals surface area (Å²) in [5.74, 6) is 0.795. The number of rotatable bonds is 7. The Kier molecular flexibility index (Phi) is 5.47. The molecule has 1 fully saturated rings. The topological polar surface area (TPSA) is 59.4 Å². The Hall–Kier alpha value is -3.12. The predicted octanol–water partition coefficient (Wildman–Crippen LogP) is 3.39. The van der Waals surface area contributed by atoms with Gasteiger partial charge in [-0.1, -0.05) is 42.5 Å². The average Bonchev–Trinajstić information content (AvgIpc) is 3.54. The lowest BCUT2D eigenvalue weighted by Gasteiger charge is -2.27. The van der Waals surface area contributed by atoms with Gasteiger partial charge in [0, 0.05) is 43.4 Å². The van der Waals surface area contributed by atoms with Gasteiger partial charge in [0.15, 0.2) is 5.69 Å². The molecular formula is C25H28N4O2. The van der Waals surface area contributed by atoms with E-state index in [0.29, 0.717) is 18.3 Å². The van der Waals surface area contributed by atoms with Crippen LogP contribution in [0.1, 0.15) is 45.7 Å². The zero-order valence-electron chi connectivity index (χ0n) is 17.9. The van der Waals surface area contributed by atoms with Gasteiger partial charge in [0.2, 0.25) is 0 Å². The first-order valence-corrected chi connectivity index (χ1v) is 11.0. The van der Waals surface area contributed by atoms with E-state index in [1.54, 1.807) is 7.11 Å². The van der Waals surface area contributed by atoms with Crippen LogP contribution >= 0.6 is 0 Å². The number of fused-ring (bicyclic) bond motifs is 1. The maximum atomic E-state index is 13.0. The van der Waals surface area contributed by atoms with Crippen LogP contribution in [0.3, 0.4) is 0 Å². The Balaban J connectivity index is 1.42. The maximum Gasteiger partial charge on any atom is 0.272 e. The molecule has 2 aliphatic rings. The largest absolute Gasteiger partial charge is 0.497 e. The SMILES string of the molecule is COc1cccc(Cn2nc(C(=O)NC3CC3)c3c2CCN(Cc2ccccc2)C3)c1. The van der Waals surface area contributed by atoms with E-state index in [2.05, 4.69) is 40.5 Å². The second kappa shape index (κ2) is 8.55. The maximum absolute atomic E-state index is 13.0. The molecule has 6 nitrogen and oxygen atoms in total. The number of hydrogen-bond acceptors (Lipinski definition) is 4. The molecule has 1 aliphatic carbocycles. The molecule has 0 spiro atoms. The quantitative estimate of drug-likeness (QED) is 0.641. The first-order chi connectivity index (χ1) is 15.2. The van der Waals surface area contributed by atoms with Crippen molar-refractivity contribution >= 4 is 5.91 Å². The molecule has 160 valence electrons. The van der Waals surface area contributed by atoms with E-state index in [9.17, 15) is 4.79 Å². The summed E-state index contributed by atoms with van der Waals surface area (Å²) in [4.78, 5) is 15.4. The summed E-state index contributed by atoms with van der Waals surface area (Å²) in [6.45, 7) is 3.21. The van der Waals surface area contributed by atoms with Crippen LogP contribution in [0.25, 0.3) is 0 Å². The Labute approximate surface area is 182 Å². The number of amides is 1. The van der Waals surface area contributed by atoms with E-state index in [1.807, 2.05) is 28.9 Å². The van der Waals surface area contributed by atoms with Crippen molar-refractivity contribution in [3.63, 3.8) is 0 Å². The number of carbonyl (C=O) groups is 1. The lowest BCUT2D eigenvalue weighted by atomic mass is 10.0. The molecule has 0 bridgehead atoms. The molecular weight excluding hydrogens is 388 g/mol. The number of nitrogens with one attached hydrogen (secondary N) is 1. The number of benzene rings is 2. The van der Waals surface area contributed by atoms with E-state index in [0.717, 1.165) is 55.8 Å². The highest BCUT2D eigenvalue weighted by Gasteiger charge is 2.31. The monoisotopic (exact) mass is 416 g/mol. The molecule has 1 aliphatic heterocycles. The van der Waals surface area contributed by atoms with Crippen LogP contribution in [-0.2, 0) is 26.1 Å². The minimum Gasteiger partial charge on any atom is -0.497 e. The van der Waals surface area contributed by atoms with E-state index in [-0.39, 0.29) is 5.91 Å². The minimum atomic E-state index is -0.0373. The molecule has 6 heteroatoms. The normalized spacial score (nSPS) is 16.0. The minimum absolute atomic E-state index is 0.0373. The molecule has 3 aromatic rings. The van der Waals surface area contributed by atoms with Gasteiger partial charge in [0.25, 0.3) is 5.91 Å². The van der Waals surface area contributed by atoms with Crippen molar-refractivity contribution in [2.75, 3.05) is 13.7 Å². The van der Waals surface area contributed by atoms with Crippen LogP contribution in [0, 0.1) is 0 Å². The summed E-state index contributed by atoms with van der Waals surface area (Å²) in [7, 11) is 1.68. The molecule has 0 unspecified atom stereocenters. The van der Waals surface area contributed by atoms with E-state index >= 15 is 0 Å². The second-order valence-corrected chi connectivity index (χ2v) is 8.48. The van der Waals surface area contributed by atoms with Crippen LogP contribution in [0.5, 0.6) is 5.75 Å². The highest BCUT2D eigenvalue weighted by Crippen LogP contribution is 2.27. The third-order valence-corrected chi connectivity index (χ3v) is 6.06. The summed E-state index contributed by atoms with van der Waals surface area (Å²) in [5, 5.41) is 7.93. The molecule has 0 saturated heterocycles. The zero-order chi connectivity index (χ0) is 21.2. The molecule has 31 heavy (non-hydrogen) atoms. The van der Waals surface area contributed by atoms with Crippen LogP contribution in [-0.4, -0.2) is 40.3 Å². The van der Waals surface area contributed by atoms with Gasteiger partial charge in [-0.2, -0.15) is 5.10 Å². The number of methoxy groups -OCH3 is 1. The van der Waals surface area contributed by atoms with Crippen molar-refractivity contribution in [2.45, 2.75) is 44.9 Å². The molecule has 0 radical (unpaired) electrons. The van der Waals surface area contributed by atoms with Gasteiger partial charge in [-0.15, -0.1) is 0 Å². The lowest BCUT2D eigenvalue weighted by molar-refractivity contribution is 0.0943. The highest BCUT2D eigenvalue weighted by molar-refractivity contribution is 5.94. The van der Waals surface area contributed by atoms with Gasteiger partial charge in [-0.3, -0.25) is 14.4 Å². The van der Waals surface area contributed by atoms with Gasteiger partial charge >= 0.3 is 0 Å². The Morgan fingerprint density at radius 3 is 2.68 bits per heavy atom. The number of ether oxygens (including phenoxy) is 1. The van der Waals surface area contributed by atoms with Crippen molar-refractivity contribution in [3.8, 4) is 5.75 Å². The molecule has 5 rings (SSSR count). The summed E-state index contributed by atoms with van der Waals surface area (Å²) in [6.07, 6.45) is 3.02. The lowest BCUT2D eigenvalue weighted by Crippen LogP contribution is -2.32. The number of aromatic nitrogens is 2. The molecule has 2 heterocycles. The van der Waals surface area contributed by atoms with E-state index < -0.39 is 0 Å². The number of carbonyl (C=O) groups excluding carboxylic acids is 1. The van der Waals surface area contributed by atoms with Crippen LogP contribution in [0.15, 0.2) is 54.6 Å². The van der Waals surface area contributed by atoms with Crippen LogP contribution in [0.4, 0.5) is 0 Å². The fraction of sp³-hybridized carbons (Fsp3) is 0.360. The summed E-state index contributed by atoms with van der Waals surface area (Å²) in [6, 6.07) is 18.9. The van der Waals surface area contributed by atoms with Crippen molar-refractivity contribution in [1.82, 2.24) is 20.0 Å². The fourth-order valence-electron chi connectivity index (χ4n) is 4.26. The van der Waals surface area contributed by atoms with Crippen LogP contribution in [0.2, 0.25) is 0 Å². The summed E-state index contributed by atoms with van der Waals surface area (Å²) < 4.78 is 7.39. The number of nitrogens with zero attached hydrogens (tertiary/aromatic N) is 3. The summed E-state index contributed by atoms with van der Waals surface area (Å²) in [5.41, 5.74) is 5.24. The van der Waals surface area contributed by atoms with Crippen molar-refractivity contribution in [3.05, 3.63) is 82.7 Å². The van der Waals surface area contributed by atoms with E-state index in [1.165, 1.54) is 11.3 Å². The Morgan fingerprint density at radius 2 is 1.90 bits per heavy atom. The standard InChI is InChI=1S/C25H28N4O2/c1-31-21-9-5-8-19(14-21)16-29-23-12-13-28(15-18-6-3-2-4-7-18)17-22(23)24(27-29)25(30)26-20-10-11-20/h2-9,14,20H,10-13,15-17H2,1H3,(H,26,30). The van der Waals surface area contributed by atoms with Gasteiger partial charge in [0.05, 0.1) is 13.7 Å². The first-order valence-electron chi connectivity index (χ1n) is 11.0. The molecule has 1 saturated carbocycles. The van der Waals surface area contributed by atoms with Crippen molar-refractivity contribution < 1.29 is 9.53 Å².